The van der Waals surface area contributed by atoms with Gasteiger partial charge in [-0.05, 0) is 17.9 Å². The van der Waals surface area contributed by atoms with Crippen LogP contribution in [0.25, 0.3) is 0 Å². The van der Waals surface area contributed by atoms with Gasteiger partial charge in [-0.2, -0.15) is 0 Å². The van der Waals surface area contributed by atoms with Crippen molar-refractivity contribution in [1.29, 1.82) is 0 Å². The van der Waals surface area contributed by atoms with E-state index in [-0.39, 0.29) is 6.04 Å². The predicted molar refractivity (Wildman–Crippen MR) is 62.9 cm³/mol. The highest BCUT2D eigenvalue weighted by molar-refractivity contribution is 7.10. The normalized spacial score (nSPS) is 12.9. The Bertz CT molecular complexity index is 405. The van der Waals surface area contributed by atoms with Crippen LogP contribution in [0.2, 0.25) is 0 Å². The maximum absolute atomic E-state index is 6.16. The molecule has 3 nitrogen and oxygen atoms in total. The Kier molecular flexibility index (Phi) is 3.18. The first kappa shape index (κ1) is 10.4. The Morgan fingerprint density at radius 2 is 2.47 bits per heavy atom. The van der Waals surface area contributed by atoms with Crippen LogP contribution in [-0.2, 0) is 6.54 Å². The quantitative estimate of drug-likeness (QED) is 0.861. The van der Waals surface area contributed by atoms with Crippen molar-refractivity contribution < 1.29 is 0 Å². The van der Waals surface area contributed by atoms with Crippen molar-refractivity contribution in [2.24, 2.45) is 5.73 Å². The molecule has 2 aromatic heterocycles. The number of hydrogen-bond acceptors (Lipinski definition) is 3. The van der Waals surface area contributed by atoms with E-state index in [1.807, 2.05) is 23.8 Å². The van der Waals surface area contributed by atoms with Gasteiger partial charge in [0.1, 0.15) is 5.82 Å². The smallest absolute Gasteiger partial charge is 0.131 e. The van der Waals surface area contributed by atoms with Gasteiger partial charge in [-0.25, -0.2) is 4.98 Å². The lowest BCUT2D eigenvalue weighted by Gasteiger charge is -2.11. The summed E-state index contributed by atoms with van der Waals surface area (Å²) in [5, 5.41) is 2.04. The first-order valence-corrected chi connectivity index (χ1v) is 6.01. The average Bonchev–Trinajstić information content (AvgIpc) is 2.87. The summed E-state index contributed by atoms with van der Waals surface area (Å²) in [6, 6.07) is 3.99. The second-order valence-corrected chi connectivity index (χ2v) is 4.45. The van der Waals surface area contributed by atoms with E-state index in [0.29, 0.717) is 0 Å². The molecule has 2 heterocycles. The van der Waals surface area contributed by atoms with Gasteiger partial charge in [0.15, 0.2) is 0 Å². The van der Waals surface area contributed by atoms with Crippen molar-refractivity contribution in [2.45, 2.75) is 25.9 Å². The van der Waals surface area contributed by atoms with Gasteiger partial charge in [-0.1, -0.05) is 13.0 Å². The Morgan fingerprint density at radius 1 is 1.60 bits per heavy atom. The van der Waals surface area contributed by atoms with Crippen LogP contribution < -0.4 is 5.73 Å². The van der Waals surface area contributed by atoms with Crippen LogP contribution in [0.1, 0.15) is 30.1 Å². The number of aromatic nitrogens is 2. The second-order valence-electron chi connectivity index (χ2n) is 3.47. The molecule has 0 aliphatic carbocycles. The highest BCUT2D eigenvalue weighted by atomic mass is 32.1. The van der Waals surface area contributed by atoms with E-state index in [4.69, 9.17) is 5.73 Å². The van der Waals surface area contributed by atoms with Crippen molar-refractivity contribution in [1.82, 2.24) is 9.55 Å². The lowest BCUT2D eigenvalue weighted by atomic mass is 10.2. The molecule has 0 saturated carbocycles. The molecular formula is C11H15N3S. The maximum Gasteiger partial charge on any atom is 0.131 e. The molecule has 2 aromatic rings. The molecule has 0 amide bonds. The molecule has 15 heavy (non-hydrogen) atoms. The third-order valence-electron chi connectivity index (χ3n) is 2.34. The summed E-state index contributed by atoms with van der Waals surface area (Å²) in [6.45, 7) is 3.13. The van der Waals surface area contributed by atoms with Crippen LogP contribution in [0.5, 0.6) is 0 Å². The third-order valence-corrected chi connectivity index (χ3v) is 3.30. The first-order chi connectivity index (χ1) is 7.33. The van der Waals surface area contributed by atoms with E-state index in [2.05, 4.69) is 22.5 Å². The van der Waals surface area contributed by atoms with Gasteiger partial charge in [0.25, 0.3) is 0 Å². The van der Waals surface area contributed by atoms with Crippen LogP contribution in [0.3, 0.4) is 0 Å². The lowest BCUT2D eigenvalue weighted by Crippen LogP contribution is -2.16. The van der Waals surface area contributed by atoms with E-state index in [1.165, 1.54) is 4.88 Å². The topological polar surface area (TPSA) is 43.8 Å². The van der Waals surface area contributed by atoms with Gasteiger partial charge in [-0.15, -0.1) is 11.3 Å². The van der Waals surface area contributed by atoms with Crippen molar-refractivity contribution in [3.05, 3.63) is 40.6 Å². The highest BCUT2D eigenvalue weighted by Gasteiger charge is 2.14. The standard InChI is InChI=1S/C11H15N3S/c1-2-6-14-7-5-13-11(14)10(12)9-4-3-8-15-9/h3-5,7-8,10H,2,6,12H2,1H3. The fourth-order valence-corrected chi connectivity index (χ4v) is 2.35. The summed E-state index contributed by atoms with van der Waals surface area (Å²) in [7, 11) is 0. The van der Waals surface area contributed by atoms with Gasteiger partial charge >= 0.3 is 0 Å². The zero-order valence-corrected chi connectivity index (χ0v) is 9.57. The van der Waals surface area contributed by atoms with Gasteiger partial charge < -0.3 is 10.3 Å². The molecule has 2 rings (SSSR count). The van der Waals surface area contributed by atoms with Gasteiger partial charge in [0, 0.05) is 23.8 Å². The molecule has 1 atom stereocenters. The summed E-state index contributed by atoms with van der Waals surface area (Å²) in [5.74, 6) is 0.958. The van der Waals surface area contributed by atoms with Crippen LogP contribution in [0.15, 0.2) is 29.9 Å². The van der Waals surface area contributed by atoms with Crippen molar-refractivity contribution in [3.63, 3.8) is 0 Å². The summed E-state index contributed by atoms with van der Waals surface area (Å²) >= 11 is 1.68. The van der Waals surface area contributed by atoms with Crippen molar-refractivity contribution in [3.8, 4) is 0 Å². The number of hydrogen-bond donors (Lipinski definition) is 1. The zero-order valence-electron chi connectivity index (χ0n) is 8.76. The monoisotopic (exact) mass is 221 g/mol. The number of rotatable bonds is 4. The summed E-state index contributed by atoms with van der Waals surface area (Å²) in [5.41, 5.74) is 6.16. The maximum atomic E-state index is 6.16. The zero-order chi connectivity index (χ0) is 10.7. The van der Waals surface area contributed by atoms with E-state index in [9.17, 15) is 0 Å². The summed E-state index contributed by atoms with van der Waals surface area (Å²) < 4.78 is 2.13. The van der Waals surface area contributed by atoms with Crippen LogP contribution in [0.4, 0.5) is 0 Å². The Balaban J connectivity index is 2.25. The molecule has 4 heteroatoms. The van der Waals surface area contributed by atoms with E-state index in [0.717, 1.165) is 18.8 Å². The number of thiophene rings is 1. The largest absolute Gasteiger partial charge is 0.333 e. The van der Waals surface area contributed by atoms with Crippen LogP contribution >= 0.6 is 11.3 Å². The van der Waals surface area contributed by atoms with Gasteiger partial charge in [-0.3, -0.25) is 0 Å². The van der Waals surface area contributed by atoms with E-state index < -0.39 is 0 Å². The summed E-state index contributed by atoms with van der Waals surface area (Å²) in [4.78, 5) is 5.50. The summed E-state index contributed by atoms with van der Waals surface area (Å²) in [6.07, 6.45) is 4.91. The Hall–Kier alpha value is -1.13. The van der Waals surface area contributed by atoms with Crippen LogP contribution in [0, 0.1) is 0 Å². The number of aryl methyl sites for hydroxylation is 1. The molecule has 0 aromatic carbocycles. The minimum Gasteiger partial charge on any atom is -0.333 e. The van der Waals surface area contributed by atoms with Crippen LogP contribution in [-0.4, -0.2) is 9.55 Å². The molecule has 0 fully saturated rings. The lowest BCUT2D eigenvalue weighted by molar-refractivity contribution is 0.616. The van der Waals surface area contributed by atoms with Gasteiger partial charge in [0.05, 0.1) is 6.04 Å². The first-order valence-electron chi connectivity index (χ1n) is 5.13. The molecule has 1 unspecified atom stereocenters. The second kappa shape index (κ2) is 4.59. The number of nitrogens with zero attached hydrogens (tertiary/aromatic N) is 2. The van der Waals surface area contributed by atoms with E-state index >= 15 is 0 Å². The van der Waals surface area contributed by atoms with Crippen molar-refractivity contribution in [2.75, 3.05) is 0 Å². The Morgan fingerprint density at radius 3 is 3.13 bits per heavy atom. The van der Waals surface area contributed by atoms with Crippen molar-refractivity contribution >= 4 is 11.3 Å². The fourth-order valence-electron chi connectivity index (χ4n) is 1.63. The predicted octanol–water partition coefficient (Wildman–Crippen LogP) is 2.40. The third kappa shape index (κ3) is 2.11. The van der Waals surface area contributed by atoms with Gasteiger partial charge in [0.2, 0.25) is 0 Å². The molecule has 2 N–H and O–H groups in total. The molecule has 0 aliphatic rings. The Labute approximate surface area is 93.6 Å². The number of nitrogens with two attached hydrogens (primary N) is 1. The SMILES string of the molecule is CCCn1ccnc1C(N)c1cccs1. The minimum absolute atomic E-state index is 0.0912. The molecule has 0 radical (unpaired) electrons. The molecule has 0 aliphatic heterocycles. The number of imidazole rings is 1. The average molecular weight is 221 g/mol. The fraction of sp³-hybridized carbons (Fsp3) is 0.364. The van der Waals surface area contributed by atoms with E-state index in [1.54, 1.807) is 11.3 Å². The molecule has 0 saturated heterocycles. The minimum atomic E-state index is -0.0912. The molecule has 80 valence electrons. The molecular weight excluding hydrogens is 206 g/mol. The molecule has 0 spiro atoms. The molecule has 0 bridgehead atoms. The highest BCUT2D eigenvalue weighted by Crippen LogP contribution is 2.22.